The van der Waals surface area contributed by atoms with Crippen molar-refractivity contribution in [3.8, 4) is 0 Å². The van der Waals surface area contributed by atoms with Crippen LogP contribution >= 0.6 is 0 Å². The normalized spacial score (nSPS) is 16.5. The molecule has 0 spiro atoms. The van der Waals surface area contributed by atoms with Crippen molar-refractivity contribution >= 4 is 5.69 Å². The Kier molecular flexibility index (Phi) is 2.63. The molecule has 2 rings (SSSR count). The zero-order valence-electron chi connectivity index (χ0n) is 8.82. The Morgan fingerprint density at radius 2 is 2.07 bits per heavy atom. The number of para-hydroxylation sites is 1. The van der Waals surface area contributed by atoms with Crippen LogP contribution < -0.4 is 5.32 Å². The monoisotopic (exact) mass is 211 g/mol. The van der Waals surface area contributed by atoms with Crippen LogP contribution in [0.25, 0.3) is 0 Å². The largest absolute Gasteiger partial charge is 0.384 e. The summed E-state index contributed by atoms with van der Waals surface area (Å²) >= 11 is 0. The maximum atomic E-state index is 13.3. The molecule has 15 heavy (non-hydrogen) atoms. The van der Waals surface area contributed by atoms with E-state index in [4.69, 9.17) is 0 Å². The summed E-state index contributed by atoms with van der Waals surface area (Å²) in [6.45, 7) is 1.75. The average molecular weight is 211 g/mol. The lowest BCUT2D eigenvalue weighted by Gasteiger charge is -2.18. The van der Waals surface area contributed by atoms with E-state index in [0.29, 0.717) is 5.69 Å². The van der Waals surface area contributed by atoms with E-state index < -0.39 is 5.92 Å². The van der Waals surface area contributed by atoms with E-state index >= 15 is 0 Å². The lowest BCUT2D eigenvalue weighted by Crippen LogP contribution is -2.13. The summed E-state index contributed by atoms with van der Waals surface area (Å²) in [6.07, 6.45) is 3.01. The molecule has 1 nitrogen and oxygen atoms in total. The van der Waals surface area contributed by atoms with Gasteiger partial charge in [-0.3, -0.25) is 0 Å². The third kappa shape index (κ3) is 2.11. The second kappa shape index (κ2) is 3.80. The zero-order valence-corrected chi connectivity index (χ0v) is 8.82. The van der Waals surface area contributed by atoms with Gasteiger partial charge in [-0.2, -0.15) is 0 Å². The Balaban J connectivity index is 2.48. The number of rotatable bonds is 1. The molecule has 0 fully saturated rings. The summed E-state index contributed by atoms with van der Waals surface area (Å²) in [7, 11) is 0. The zero-order chi connectivity index (χ0) is 10.9. The van der Waals surface area contributed by atoms with Crippen LogP contribution in [0.15, 0.2) is 18.2 Å². The number of aryl methyl sites for hydroxylation is 1. The molecule has 0 aliphatic carbocycles. The molecule has 1 heterocycles. The molecule has 0 amide bonds. The van der Waals surface area contributed by atoms with E-state index in [0.717, 1.165) is 38.3 Å². The predicted molar refractivity (Wildman–Crippen MR) is 57.4 cm³/mol. The van der Waals surface area contributed by atoms with E-state index in [2.05, 4.69) is 5.32 Å². The van der Waals surface area contributed by atoms with Crippen LogP contribution in [0.2, 0.25) is 0 Å². The number of nitrogens with one attached hydrogen (secondary N) is 1. The lowest BCUT2D eigenvalue weighted by molar-refractivity contribution is 0.0182. The first-order chi connectivity index (χ1) is 7.09. The van der Waals surface area contributed by atoms with Gasteiger partial charge in [0.05, 0.1) is 0 Å². The van der Waals surface area contributed by atoms with Crippen LogP contribution in [0.4, 0.5) is 14.5 Å². The predicted octanol–water partition coefficient (Wildman–Crippen LogP) is 3.55. The van der Waals surface area contributed by atoms with Crippen LogP contribution in [-0.2, 0) is 12.3 Å². The standard InChI is InChI=1S/C12H15F2N/c1-12(13,14)10-7-4-6-9-5-2-3-8-15-11(9)10/h4,6-7,15H,2-3,5,8H2,1H3. The number of halogens is 2. The maximum absolute atomic E-state index is 13.3. The number of hydrogen-bond acceptors (Lipinski definition) is 1. The number of fused-ring (bicyclic) bond motifs is 1. The van der Waals surface area contributed by atoms with Gasteiger partial charge in [-0.1, -0.05) is 18.2 Å². The SMILES string of the molecule is CC(F)(F)c1cccc2c1NCCCC2. The molecule has 0 aromatic heterocycles. The molecule has 0 bridgehead atoms. The van der Waals surface area contributed by atoms with Crippen molar-refractivity contribution in [2.75, 3.05) is 11.9 Å². The van der Waals surface area contributed by atoms with E-state index in [1.165, 1.54) is 6.07 Å². The van der Waals surface area contributed by atoms with Gasteiger partial charge in [0.15, 0.2) is 0 Å². The Bertz CT molecular complexity index is 355. The third-order valence-electron chi connectivity index (χ3n) is 2.80. The second-order valence-electron chi connectivity index (χ2n) is 4.11. The van der Waals surface area contributed by atoms with Gasteiger partial charge in [0.2, 0.25) is 0 Å². The van der Waals surface area contributed by atoms with Crippen LogP contribution in [0.3, 0.4) is 0 Å². The summed E-state index contributed by atoms with van der Waals surface area (Å²) in [5, 5.41) is 3.12. The molecule has 0 saturated carbocycles. The van der Waals surface area contributed by atoms with Crippen molar-refractivity contribution < 1.29 is 8.78 Å². The fraction of sp³-hybridized carbons (Fsp3) is 0.500. The highest BCUT2D eigenvalue weighted by molar-refractivity contribution is 5.59. The molecule has 1 N–H and O–H groups in total. The molecule has 1 aliphatic rings. The molecule has 0 radical (unpaired) electrons. The fourth-order valence-electron chi connectivity index (χ4n) is 2.04. The van der Waals surface area contributed by atoms with Crippen molar-refractivity contribution in [3.05, 3.63) is 29.3 Å². The van der Waals surface area contributed by atoms with Crippen molar-refractivity contribution in [1.29, 1.82) is 0 Å². The Hall–Kier alpha value is -1.12. The molecule has 3 heteroatoms. The van der Waals surface area contributed by atoms with E-state index in [-0.39, 0.29) is 5.56 Å². The van der Waals surface area contributed by atoms with Crippen molar-refractivity contribution in [2.45, 2.75) is 32.1 Å². The van der Waals surface area contributed by atoms with Gasteiger partial charge in [0.25, 0.3) is 5.92 Å². The minimum absolute atomic E-state index is 0.127. The number of hydrogen-bond donors (Lipinski definition) is 1. The summed E-state index contributed by atoms with van der Waals surface area (Å²) in [6, 6.07) is 5.17. The first-order valence-corrected chi connectivity index (χ1v) is 5.33. The van der Waals surface area contributed by atoms with Crippen molar-refractivity contribution in [2.24, 2.45) is 0 Å². The van der Waals surface area contributed by atoms with Gasteiger partial charge in [-0.15, -0.1) is 0 Å². The smallest absolute Gasteiger partial charge is 0.272 e. The first-order valence-electron chi connectivity index (χ1n) is 5.33. The summed E-state index contributed by atoms with van der Waals surface area (Å²) in [5.41, 5.74) is 1.80. The van der Waals surface area contributed by atoms with Gasteiger partial charge in [-0.05, 0) is 24.8 Å². The van der Waals surface area contributed by atoms with Crippen molar-refractivity contribution in [1.82, 2.24) is 0 Å². The lowest BCUT2D eigenvalue weighted by atomic mass is 10.0. The Labute approximate surface area is 88.5 Å². The Morgan fingerprint density at radius 1 is 1.27 bits per heavy atom. The molecular weight excluding hydrogens is 196 g/mol. The minimum Gasteiger partial charge on any atom is -0.384 e. The quantitative estimate of drug-likeness (QED) is 0.749. The summed E-state index contributed by atoms with van der Waals surface area (Å²) < 4.78 is 26.7. The van der Waals surface area contributed by atoms with Gasteiger partial charge in [0, 0.05) is 24.7 Å². The molecular formula is C12H15F2N. The summed E-state index contributed by atoms with van der Waals surface area (Å²) in [4.78, 5) is 0. The highest BCUT2D eigenvalue weighted by Crippen LogP contribution is 2.36. The second-order valence-corrected chi connectivity index (χ2v) is 4.11. The molecule has 0 saturated heterocycles. The number of alkyl halides is 2. The van der Waals surface area contributed by atoms with E-state index in [9.17, 15) is 8.78 Å². The van der Waals surface area contributed by atoms with Gasteiger partial charge in [-0.25, -0.2) is 8.78 Å². The molecule has 1 aromatic carbocycles. The topological polar surface area (TPSA) is 12.0 Å². The summed E-state index contributed by atoms with van der Waals surface area (Å²) in [5.74, 6) is -2.76. The molecule has 1 aliphatic heterocycles. The highest BCUT2D eigenvalue weighted by atomic mass is 19.3. The van der Waals surface area contributed by atoms with Crippen LogP contribution in [-0.4, -0.2) is 6.54 Å². The van der Waals surface area contributed by atoms with Gasteiger partial charge < -0.3 is 5.32 Å². The Morgan fingerprint density at radius 3 is 2.80 bits per heavy atom. The number of anilines is 1. The molecule has 0 atom stereocenters. The average Bonchev–Trinajstić information content (AvgIpc) is 2.39. The highest BCUT2D eigenvalue weighted by Gasteiger charge is 2.28. The van der Waals surface area contributed by atoms with Crippen LogP contribution in [0, 0.1) is 0 Å². The van der Waals surface area contributed by atoms with Crippen LogP contribution in [0.1, 0.15) is 30.9 Å². The molecule has 1 aromatic rings. The van der Waals surface area contributed by atoms with Gasteiger partial charge in [0.1, 0.15) is 0 Å². The third-order valence-corrected chi connectivity index (χ3v) is 2.80. The first kappa shape index (κ1) is 10.4. The fourth-order valence-corrected chi connectivity index (χ4v) is 2.04. The van der Waals surface area contributed by atoms with E-state index in [1.54, 1.807) is 6.07 Å². The van der Waals surface area contributed by atoms with Crippen molar-refractivity contribution in [3.63, 3.8) is 0 Å². The van der Waals surface area contributed by atoms with E-state index in [1.807, 2.05) is 6.07 Å². The maximum Gasteiger partial charge on any atom is 0.272 e. The van der Waals surface area contributed by atoms with Crippen LogP contribution in [0.5, 0.6) is 0 Å². The van der Waals surface area contributed by atoms with Gasteiger partial charge >= 0.3 is 0 Å². The number of benzene rings is 1. The minimum atomic E-state index is -2.76. The molecule has 0 unspecified atom stereocenters. The molecule has 82 valence electrons.